The van der Waals surface area contributed by atoms with Crippen LogP contribution in [0, 0.1) is 11.3 Å². The van der Waals surface area contributed by atoms with Crippen LogP contribution < -0.4 is 0 Å². The van der Waals surface area contributed by atoms with Gasteiger partial charge in [-0.1, -0.05) is 6.07 Å². The van der Waals surface area contributed by atoms with Gasteiger partial charge in [-0.05, 0) is 25.3 Å². The van der Waals surface area contributed by atoms with E-state index in [1.54, 1.807) is 11.3 Å². The zero-order valence-corrected chi connectivity index (χ0v) is 9.55. The highest BCUT2D eigenvalue weighted by Crippen LogP contribution is 2.13. The molecular weight excluding hydrogens is 192 g/mol. The van der Waals surface area contributed by atoms with Gasteiger partial charge in [0.25, 0.3) is 0 Å². The number of hydrogen-bond donors (Lipinski definition) is 0. The van der Waals surface area contributed by atoms with Gasteiger partial charge in [-0.2, -0.15) is 5.26 Å². The fourth-order valence-corrected chi connectivity index (χ4v) is 2.05. The van der Waals surface area contributed by atoms with Crippen LogP contribution in [0.25, 0.3) is 0 Å². The van der Waals surface area contributed by atoms with Crippen LogP contribution in [-0.4, -0.2) is 17.5 Å². The van der Waals surface area contributed by atoms with Gasteiger partial charge in [0.1, 0.15) is 0 Å². The van der Waals surface area contributed by atoms with Crippen molar-refractivity contribution < 1.29 is 0 Å². The molecule has 76 valence electrons. The number of hydrogen-bond acceptors (Lipinski definition) is 3. The summed E-state index contributed by atoms with van der Waals surface area (Å²) in [7, 11) is 0. The van der Waals surface area contributed by atoms with Crippen molar-refractivity contribution in [3.05, 3.63) is 22.4 Å². The normalized spacial score (nSPS) is 10.8. The van der Waals surface area contributed by atoms with E-state index in [0.29, 0.717) is 12.5 Å². The molecule has 3 heteroatoms. The van der Waals surface area contributed by atoms with Gasteiger partial charge >= 0.3 is 0 Å². The molecule has 0 aliphatic carbocycles. The largest absolute Gasteiger partial charge is 0.295 e. The first kappa shape index (κ1) is 11.2. The third kappa shape index (κ3) is 3.49. The van der Waals surface area contributed by atoms with Crippen LogP contribution in [0.15, 0.2) is 17.5 Å². The summed E-state index contributed by atoms with van der Waals surface area (Å²) in [4.78, 5) is 3.70. The van der Waals surface area contributed by atoms with Gasteiger partial charge in [-0.15, -0.1) is 11.3 Å². The Morgan fingerprint density at radius 2 is 2.36 bits per heavy atom. The average molecular weight is 208 g/mol. The summed E-state index contributed by atoms with van der Waals surface area (Å²) in [5, 5.41) is 10.6. The Morgan fingerprint density at radius 1 is 1.57 bits per heavy atom. The highest BCUT2D eigenvalue weighted by molar-refractivity contribution is 7.09. The van der Waals surface area contributed by atoms with Crippen LogP contribution in [-0.2, 0) is 6.54 Å². The lowest BCUT2D eigenvalue weighted by atomic mass is 10.2. The van der Waals surface area contributed by atoms with Gasteiger partial charge in [-0.25, -0.2) is 0 Å². The average Bonchev–Trinajstić information content (AvgIpc) is 2.64. The molecule has 14 heavy (non-hydrogen) atoms. The number of thiophene rings is 1. The molecule has 1 heterocycles. The van der Waals surface area contributed by atoms with Crippen molar-refractivity contribution in [2.75, 3.05) is 6.54 Å². The Hall–Kier alpha value is -0.850. The molecule has 0 aliphatic rings. The van der Waals surface area contributed by atoms with E-state index >= 15 is 0 Å². The molecule has 1 aromatic heterocycles. The molecule has 0 aliphatic heterocycles. The quantitative estimate of drug-likeness (QED) is 0.744. The molecule has 1 aromatic rings. The molecule has 0 amide bonds. The maximum absolute atomic E-state index is 8.55. The summed E-state index contributed by atoms with van der Waals surface area (Å²) in [6, 6.07) is 6.92. The first-order valence-corrected chi connectivity index (χ1v) is 5.75. The molecule has 0 bridgehead atoms. The molecule has 0 aromatic carbocycles. The standard InChI is InChI=1S/C11H16N2S/c1-10(2)13(7-4-6-12)9-11-5-3-8-14-11/h3,5,8,10H,4,7,9H2,1-2H3. The lowest BCUT2D eigenvalue weighted by Crippen LogP contribution is -2.30. The summed E-state index contributed by atoms with van der Waals surface area (Å²) in [6.07, 6.45) is 0.615. The predicted molar refractivity (Wildman–Crippen MR) is 60.1 cm³/mol. The maximum Gasteiger partial charge on any atom is 0.0635 e. The Morgan fingerprint density at radius 3 is 2.86 bits per heavy atom. The number of nitriles is 1. The van der Waals surface area contributed by atoms with Crippen molar-refractivity contribution in [1.29, 1.82) is 5.26 Å². The second kappa shape index (κ2) is 5.79. The van der Waals surface area contributed by atoms with E-state index < -0.39 is 0 Å². The summed E-state index contributed by atoms with van der Waals surface area (Å²) in [6.45, 7) is 6.18. The van der Waals surface area contributed by atoms with Crippen LogP contribution >= 0.6 is 11.3 Å². The Bertz CT molecular complexity index is 285. The minimum atomic E-state index is 0.505. The predicted octanol–water partition coefficient (Wildman–Crippen LogP) is 2.87. The van der Waals surface area contributed by atoms with Crippen molar-refractivity contribution >= 4 is 11.3 Å². The van der Waals surface area contributed by atoms with Crippen LogP contribution in [0.2, 0.25) is 0 Å². The van der Waals surface area contributed by atoms with E-state index in [0.717, 1.165) is 13.1 Å². The van der Waals surface area contributed by atoms with Crippen molar-refractivity contribution in [3.8, 4) is 6.07 Å². The van der Waals surface area contributed by atoms with Crippen molar-refractivity contribution in [2.24, 2.45) is 0 Å². The van der Waals surface area contributed by atoms with E-state index in [-0.39, 0.29) is 0 Å². The monoisotopic (exact) mass is 208 g/mol. The fourth-order valence-electron chi connectivity index (χ4n) is 1.32. The zero-order chi connectivity index (χ0) is 10.4. The minimum absolute atomic E-state index is 0.505. The first-order chi connectivity index (χ1) is 6.74. The van der Waals surface area contributed by atoms with Crippen LogP contribution in [0.1, 0.15) is 25.1 Å². The topological polar surface area (TPSA) is 27.0 Å². The Labute approximate surface area is 89.8 Å². The van der Waals surface area contributed by atoms with Crippen LogP contribution in [0.3, 0.4) is 0 Å². The molecular formula is C11H16N2S. The van der Waals surface area contributed by atoms with Gasteiger partial charge in [0.15, 0.2) is 0 Å². The van der Waals surface area contributed by atoms with E-state index in [1.165, 1.54) is 4.88 Å². The molecule has 0 saturated heterocycles. The molecule has 0 radical (unpaired) electrons. The molecule has 0 unspecified atom stereocenters. The second-order valence-electron chi connectivity index (χ2n) is 3.55. The summed E-state index contributed by atoms with van der Waals surface area (Å²) in [5.74, 6) is 0. The molecule has 0 N–H and O–H groups in total. The van der Waals surface area contributed by atoms with Crippen LogP contribution in [0.5, 0.6) is 0 Å². The van der Waals surface area contributed by atoms with E-state index in [4.69, 9.17) is 5.26 Å². The van der Waals surface area contributed by atoms with Crippen molar-refractivity contribution in [2.45, 2.75) is 32.9 Å². The van der Waals surface area contributed by atoms with Crippen LogP contribution in [0.4, 0.5) is 0 Å². The van der Waals surface area contributed by atoms with Crippen molar-refractivity contribution in [3.63, 3.8) is 0 Å². The molecule has 0 saturated carbocycles. The van der Waals surface area contributed by atoms with Gasteiger partial charge in [0.2, 0.25) is 0 Å². The zero-order valence-electron chi connectivity index (χ0n) is 8.73. The minimum Gasteiger partial charge on any atom is -0.295 e. The lowest BCUT2D eigenvalue weighted by Gasteiger charge is -2.24. The molecule has 2 nitrogen and oxygen atoms in total. The van der Waals surface area contributed by atoms with E-state index in [2.05, 4.69) is 42.3 Å². The van der Waals surface area contributed by atoms with Gasteiger partial charge in [0, 0.05) is 30.4 Å². The van der Waals surface area contributed by atoms with Gasteiger partial charge in [0.05, 0.1) is 6.07 Å². The molecule has 0 spiro atoms. The third-order valence-corrected chi connectivity index (χ3v) is 3.04. The molecule has 0 atom stereocenters. The summed E-state index contributed by atoms with van der Waals surface area (Å²) in [5.41, 5.74) is 0. The molecule has 1 rings (SSSR count). The first-order valence-electron chi connectivity index (χ1n) is 4.87. The third-order valence-electron chi connectivity index (χ3n) is 2.18. The Kier molecular flexibility index (Phi) is 4.64. The van der Waals surface area contributed by atoms with Gasteiger partial charge in [-0.3, -0.25) is 4.90 Å². The maximum atomic E-state index is 8.55. The SMILES string of the molecule is CC(C)N(CCC#N)Cc1cccs1. The molecule has 0 fully saturated rings. The fraction of sp³-hybridized carbons (Fsp3) is 0.545. The van der Waals surface area contributed by atoms with E-state index in [1.807, 2.05) is 0 Å². The van der Waals surface area contributed by atoms with Gasteiger partial charge < -0.3 is 0 Å². The summed E-state index contributed by atoms with van der Waals surface area (Å²) < 4.78 is 0. The van der Waals surface area contributed by atoms with Crippen molar-refractivity contribution in [1.82, 2.24) is 4.90 Å². The lowest BCUT2D eigenvalue weighted by molar-refractivity contribution is 0.220. The Balaban J connectivity index is 2.48. The smallest absolute Gasteiger partial charge is 0.0635 e. The number of nitrogens with zero attached hydrogens (tertiary/aromatic N) is 2. The second-order valence-corrected chi connectivity index (χ2v) is 4.58. The number of rotatable bonds is 5. The van der Waals surface area contributed by atoms with E-state index in [9.17, 15) is 0 Å². The summed E-state index contributed by atoms with van der Waals surface area (Å²) >= 11 is 1.78. The highest BCUT2D eigenvalue weighted by Gasteiger charge is 2.09. The highest BCUT2D eigenvalue weighted by atomic mass is 32.1.